The van der Waals surface area contributed by atoms with E-state index in [2.05, 4.69) is 4.98 Å². The average molecular weight is 270 g/mol. The van der Waals surface area contributed by atoms with Crippen molar-refractivity contribution >= 4 is 22.2 Å². The van der Waals surface area contributed by atoms with Crippen LogP contribution in [0.4, 0.5) is 24.0 Å². The molecule has 0 saturated carbocycles. The van der Waals surface area contributed by atoms with Gasteiger partial charge in [0.15, 0.2) is 10.8 Å². The van der Waals surface area contributed by atoms with Gasteiger partial charge in [-0.05, 0) is 18.1 Å². The molecule has 94 valence electrons. The quantitative estimate of drug-likeness (QED) is 0.782. The van der Waals surface area contributed by atoms with Crippen molar-refractivity contribution in [3.63, 3.8) is 0 Å². The molecule has 0 unspecified atom stereocenters. The largest absolute Gasteiger partial charge is 0.434 e. The third kappa shape index (κ3) is 1.86. The third-order valence-electron chi connectivity index (χ3n) is 2.90. The summed E-state index contributed by atoms with van der Waals surface area (Å²) < 4.78 is 37.5. The highest BCUT2D eigenvalue weighted by Gasteiger charge is 2.35. The highest BCUT2D eigenvalue weighted by atomic mass is 32.1. The standard InChI is InChI=1S/C12H9F3N2S/c13-12(14,15)10-7-18-11(16-10)17-6-5-8-3-1-2-4-9(8)17/h1-4,7H,5-6H2. The van der Waals surface area contributed by atoms with E-state index in [1.165, 1.54) is 0 Å². The van der Waals surface area contributed by atoms with Crippen LogP contribution in [0.5, 0.6) is 0 Å². The van der Waals surface area contributed by atoms with Gasteiger partial charge >= 0.3 is 6.18 Å². The lowest BCUT2D eigenvalue weighted by atomic mass is 10.2. The van der Waals surface area contributed by atoms with Gasteiger partial charge in [0.25, 0.3) is 0 Å². The van der Waals surface area contributed by atoms with Crippen molar-refractivity contribution in [1.29, 1.82) is 0 Å². The van der Waals surface area contributed by atoms with E-state index in [1.807, 2.05) is 29.2 Å². The molecule has 2 aromatic rings. The number of alkyl halides is 3. The molecule has 0 fully saturated rings. The fourth-order valence-electron chi connectivity index (χ4n) is 2.06. The molecule has 0 amide bonds. The Kier molecular flexibility index (Phi) is 2.55. The topological polar surface area (TPSA) is 16.1 Å². The lowest BCUT2D eigenvalue weighted by Gasteiger charge is -2.15. The number of nitrogens with zero attached hydrogens (tertiary/aromatic N) is 2. The minimum absolute atomic E-state index is 0.410. The van der Waals surface area contributed by atoms with Gasteiger partial charge < -0.3 is 4.90 Å². The molecule has 0 N–H and O–H groups in total. The molecule has 0 spiro atoms. The van der Waals surface area contributed by atoms with E-state index in [0.717, 1.165) is 34.4 Å². The number of halogens is 3. The zero-order valence-corrected chi connectivity index (χ0v) is 10.1. The molecular formula is C12H9F3N2S. The van der Waals surface area contributed by atoms with Gasteiger partial charge in [0.2, 0.25) is 0 Å². The van der Waals surface area contributed by atoms with Crippen LogP contribution in [0, 0.1) is 0 Å². The molecule has 0 radical (unpaired) electrons. The predicted molar refractivity (Wildman–Crippen MR) is 64.3 cm³/mol. The average Bonchev–Trinajstić information content (AvgIpc) is 2.94. The maximum absolute atomic E-state index is 12.5. The molecule has 0 atom stereocenters. The fraction of sp³-hybridized carbons (Fsp3) is 0.250. The van der Waals surface area contributed by atoms with E-state index < -0.39 is 11.9 Å². The summed E-state index contributed by atoms with van der Waals surface area (Å²) in [4.78, 5) is 5.52. The first-order valence-electron chi connectivity index (χ1n) is 5.44. The van der Waals surface area contributed by atoms with Crippen molar-refractivity contribution in [2.75, 3.05) is 11.4 Å². The Bertz CT molecular complexity index is 577. The van der Waals surface area contributed by atoms with Gasteiger partial charge in [0.1, 0.15) is 0 Å². The fourth-order valence-corrected chi connectivity index (χ4v) is 2.93. The highest BCUT2D eigenvalue weighted by molar-refractivity contribution is 7.13. The van der Waals surface area contributed by atoms with Crippen molar-refractivity contribution in [2.24, 2.45) is 0 Å². The van der Waals surface area contributed by atoms with E-state index in [1.54, 1.807) is 0 Å². The minimum atomic E-state index is -4.37. The van der Waals surface area contributed by atoms with Gasteiger partial charge in [-0.3, -0.25) is 0 Å². The van der Waals surface area contributed by atoms with Crippen molar-refractivity contribution in [3.8, 4) is 0 Å². The van der Waals surface area contributed by atoms with Crippen LogP contribution < -0.4 is 4.90 Å². The number of aromatic nitrogens is 1. The Morgan fingerprint density at radius 3 is 2.72 bits per heavy atom. The van der Waals surface area contributed by atoms with E-state index in [4.69, 9.17) is 0 Å². The van der Waals surface area contributed by atoms with Gasteiger partial charge in [-0.1, -0.05) is 18.2 Å². The van der Waals surface area contributed by atoms with Gasteiger partial charge in [0.05, 0.1) is 0 Å². The van der Waals surface area contributed by atoms with Crippen LogP contribution in [0.3, 0.4) is 0 Å². The maximum Gasteiger partial charge on any atom is 0.434 e. The Balaban J connectivity index is 1.96. The number of fused-ring (bicyclic) bond motifs is 1. The number of benzene rings is 1. The number of hydrogen-bond donors (Lipinski definition) is 0. The second kappa shape index (κ2) is 3.98. The molecule has 18 heavy (non-hydrogen) atoms. The normalized spacial score (nSPS) is 14.9. The first-order chi connectivity index (χ1) is 8.55. The molecule has 0 bridgehead atoms. The zero-order chi connectivity index (χ0) is 12.8. The first kappa shape index (κ1) is 11.5. The van der Waals surface area contributed by atoms with E-state index >= 15 is 0 Å². The van der Waals surface area contributed by atoms with E-state index in [-0.39, 0.29) is 0 Å². The van der Waals surface area contributed by atoms with Crippen LogP contribution in [-0.2, 0) is 12.6 Å². The highest BCUT2D eigenvalue weighted by Crippen LogP contribution is 2.38. The lowest BCUT2D eigenvalue weighted by Crippen LogP contribution is -2.14. The molecule has 0 aliphatic carbocycles. The molecule has 2 nitrogen and oxygen atoms in total. The number of hydrogen-bond acceptors (Lipinski definition) is 3. The van der Waals surface area contributed by atoms with Crippen molar-refractivity contribution < 1.29 is 13.2 Å². The Morgan fingerprint density at radius 1 is 1.22 bits per heavy atom. The zero-order valence-electron chi connectivity index (χ0n) is 9.24. The summed E-state index contributed by atoms with van der Waals surface area (Å²) in [6.45, 7) is 0.685. The summed E-state index contributed by atoms with van der Waals surface area (Å²) in [7, 11) is 0. The summed E-state index contributed by atoms with van der Waals surface area (Å²) in [6.07, 6.45) is -3.52. The van der Waals surface area contributed by atoms with Gasteiger partial charge in [-0.2, -0.15) is 13.2 Å². The molecular weight excluding hydrogens is 261 g/mol. The van der Waals surface area contributed by atoms with Crippen molar-refractivity contribution in [2.45, 2.75) is 12.6 Å². The van der Waals surface area contributed by atoms with Gasteiger partial charge in [-0.25, -0.2) is 4.98 Å². The Labute approximate surface area is 106 Å². The van der Waals surface area contributed by atoms with Crippen LogP contribution >= 0.6 is 11.3 Å². The SMILES string of the molecule is FC(F)(F)c1csc(N2CCc3ccccc32)n1. The lowest BCUT2D eigenvalue weighted by molar-refractivity contribution is -0.140. The second-order valence-electron chi connectivity index (χ2n) is 4.04. The number of anilines is 2. The van der Waals surface area contributed by atoms with Crippen LogP contribution in [-0.4, -0.2) is 11.5 Å². The summed E-state index contributed by atoms with van der Waals surface area (Å²) in [6, 6.07) is 7.73. The summed E-state index contributed by atoms with van der Waals surface area (Å²) in [5.41, 5.74) is 1.30. The molecule has 1 aliphatic heterocycles. The third-order valence-corrected chi connectivity index (χ3v) is 3.76. The molecule has 1 aromatic heterocycles. The van der Waals surface area contributed by atoms with E-state index in [9.17, 15) is 13.2 Å². The van der Waals surface area contributed by atoms with Crippen LogP contribution in [0.15, 0.2) is 29.6 Å². The molecule has 3 rings (SSSR count). The monoisotopic (exact) mass is 270 g/mol. The number of para-hydroxylation sites is 1. The summed E-state index contributed by atoms with van der Waals surface area (Å²) in [5.74, 6) is 0. The molecule has 2 heterocycles. The number of rotatable bonds is 1. The van der Waals surface area contributed by atoms with Crippen LogP contribution in [0.25, 0.3) is 0 Å². The molecule has 1 aliphatic rings. The predicted octanol–water partition coefficient (Wildman–Crippen LogP) is 3.86. The minimum Gasteiger partial charge on any atom is -0.317 e. The Hall–Kier alpha value is -1.56. The molecule has 0 saturated heterocycles. The van der Waals surface area contributed by atoms with Crippen LogP contribution in [0.2, 0.25) is 0 Å². The van der Waals surface area contributed by atoms with Crippen LogP contribution in [0.1, 0.15) is 11.3 Å². The molecule has 6 heteroatoms. The first-order valence-corrected chi connectivity index (χ1v) is 6.32. The smallest absolute Gasteiger partial charge is 0.317 e. The molecule has 1 aromatic carbocycles. The van der Waals surface area contributed by atoms with Gasteiger partial charge in [-0.15, -0.1) is 11.3 Å². The maximum atomic E-state index is 12.5. The Morgan fingerprint density at radius 2 is 2.00 bits per heavy atom. The van der Waals surface area contributed by atoms with Crippen molar-refractivity contribution in [1.82, 2.24) is 4.98 Å². The summed E-state index contributed by atoms with van der Waals surface area (Å²) >= 11 is 1.03. The van der Waals surface area contributed by atoms with E-state index in [0.29, 0.717) is 11.7 Å². The number of thiazole rings is 1. The van der Waals surface area contributed by atoms with Gasteiger partial charge in [0, 0.05) is 17.6 Å². The second-order valence-corrected chi connectivity index (χ2v) is 4.88. The van der Waals surface area contributed by atoms with Crippen molar-refractivity contribution in [3.05, 3.63) is 40.9 Å². The summed E-state index contributed by atoms with van der Waals surface area (Å²) in [5, 5.41) is 1.48.